The molecule has 0 amide bonds. The number of nitrogens with zero attached hydrogens (tertiary/aromatic N) is 2. The van der Waals surface area contributed by atoms with Gasteiger partial charge in [0.05, 0.1) is 22.8 Å². The summed E-state index contributed by atoms with van der Waals surface area (Å²) in [6, 6.07) is 12.2. The predicted octanol–water partition coefficient (Wildman–Crippen LogP) is 4.93. The summed E-state index contributed by atoms with van der Waals surface area (Å²) in [6.45, 7) is 3.39. The van der Waals surface area contributed by atoms with Gasteiger partial charge in [0.15, 0.2) is 0 Å². The van der Waals surface area contributed by atoms with E-state index in [1.807, 2.05) is 23.7 Å². The van der Waals surface area contributed by atoms with Crippen molar-refractivity contribution < 1.29 is 9.13 Å². The number of fused-ring (bicyclic) bond motifs is 2. The Morgan fingerprint density at radius 3 is 3.00 bits per heavy atom. The van der Waals surface area contributed by atoms with Gasteiger partial charge in [-0.25, -0.2) is 9.37 Å². The van der Waals surface area contributed by atoms with Crippen molar-refractivity contribution in [1.29, 1.82) is 0 Å². The summed E-state index contributed by atoms with van der Waals surface area (Å²) in [7, 11) is 1.65. The summed E-state index contributed by atoms with van der Waals surface area (Å²) in [6.07, 6.45) is -0.148. The van der Waals surface area contributed by atoms with E-state index in [0.29, 0.717) is 6.54 Å². The van der Waals surface area contributed by atoms with Crippen LogP contribution in [0, 0.1) is 0 Å². The van der Waals surface area contributed by atoms with Gasteiger partial charge in [-0.05, 0) is 54.3 Å². The van der Waals surface area contributed by atoms with E-state index >= 15 is 0 Å². The number of ether oxygens (including phenoxy) is 1. The Morgan fingerprint density at radius 1 is 1.28 bits per heavy atom. The number of hydrogen-bond donors (Lipinski definition) is 0. The van der Waals surface area contributed by atoms with Gasteiger partial charge >= 0.3 is 0 Å². The zero-order valence-electron chi connectivity index (χ0n) is 14.4. The van der Waals surface area contributed by atoms with Crippen LogP contribution in [0.3, 0.4) is 0 Å². The Hall–Kier alpha value is -1.98. The minimum Gasteiger partial charge on any atom is -0.497 e. The number of hydrogen-bond acceptors (Lipinski definition) is 4. The molecule has 0 N–H and O–H groups in total. The van der Waals surface area contributed by atoms with Gasteiger partial charge in [0.1, 0.15) is 11.9 Å². The lowest BCUT2D eigenvalue weighted by molar-refractivity contribution is 0.161. The van der Waals surface area contributed by atoms with Gasteiger partial charge < -0.3 is 4.74 Å². The Labute approximate surface area is 151 Å². The molecule has 1 aliphatic rings. The zero-order valence-corrected chi connectivity index (χ0v) is 15.2. The van der Waals surface area contributed by atoms with Crippen LogP contribution < -0.4 is 4.74 Å². The lowest BCUT2D eigenvalue weighted by Gasteiger charge is -2.28. The number of alkyl halides is 1. The van der Waals surface area contributed by atoms with Crippen LogP contribution in [0.1, 0.15) is 35.8 Å². The highest BCUT2D eigenvalue weighted by Crippen LogP contribution is 2.33. The van der Waals surface area contributed by atoms with Gasteiger partial charge in [0, 0.05) is 19.1 Å². The molecule has 0 fully saturated rings. The third kappa shape index (κ3) is 3.14. The molecule has 3 aromatic rings. The van der Waals surface area contributed by atoms with Crippen LogP contribution in [0.5, 0.6) is 5.75 Å². The quantitative estimate of drug-likeness (QED) is 0.665. The summed E-state index contributed by atoms with van der Waals surface area (Å²) in [5.74, 6) is 0.793. The highest BCUT2D eigenvalue weighted by Gasteiger charge is 2.26. The standard InChI is InChI=1S/C20H21FN2OS/c1-13(14-3-6-20-19(10-14)22-12-25-20)23-8-7-15-9-16(24-2)4-5-17(15)18(21)11-23/h3-6,9-10,12-13,18H,7-8,11H2,1-2H3/t13?,18-/m1/s1. The van der Waals surface area contributed by atoms with E-state index in [9.17, 15) is 4.39 Å². The summed E-state index contributed by atoms with van der Waals surface area (Å²) in [5, 5.41) is 0. The highest BCUT2D eigenvalue weighted by molar-refractivity contribution is 7.16. The fraction of sp³-hybridized carbons (Fsp3) is 0.350. The first-order valence-corrected chi connectivity index (χ1v) is 9.42. The number of rotatable bonds is 3. The summed E-state index contributed by atoms with van der Waals surface area (Å²) in [4.78, 5) is 6.63. The van der Waals surface area contributed by atoms with Crippen LogP contribution >= 0.6 is 11.3 Å². The Bertz CT molecular complexity index is 894. The van der Waals surface area contributed by atoms with E-state index in [2.05, 4.69) is 35.0 Å². The van der Waals surface area contributed by atoms with Crippen molar-refractivity contribution in [2.45, 2.75) is 25.6 Å². The normalized spacial score (nSPS) is 19.4. The first-order chi connectivity index (χ1) is 12.2. The topological polar surface area (TPSA) is 25.4 Å². The van der Waals surface area contributed by atoms with Crippen molar-refractivity contribution in [3.63, 3.8) is 0 Å². The molecule has 1 aliphatic heterocycles. The molecule has 3 nitrogen and oxygen atoms in total. The maximum Gasteiger partial charge on any atom is 0.138 e. The Morgan fingerprint density at radius 2 is 2.16 bits per heavy atom. The van der Waals surface area contributed by atoms with E-state index in [4.69, 9.17) is 4.74 Å². The van der Waals surface area contributed by atoms with E-state index in [1.54, 1.807) is 18.4 Å². The molecule has 0 radical (unpaired) electrons. The third-order valence-electron chi connectivity index (χ3n) is 5.14. The molecule has 25 heavy (non-hydrogen) atoms. The smallest absolute Gasteiger partial charge is 0.138 e. The lowest BCUT2D eigenvalue weighted by atomic mass is 10.0. The van der Waals surface area contributed by atoms with E-state index < -0.39 is 6.17 Å². The average molecular weight is 356 g/mol. The van der Waals surface area contributed by atoms with Crippen LogP contribution in [0.4, 0.5) is 4.39 Å². The average Bonchev–Trinajstić information content (AvgIpc) is 3.05. The molecule has 0 spiro atoms. The molecule has 0 bridgehead atoms. The van der Waals surface area contributed by atoms with Gasteiger partial charge in [-0.3, -0.25) is 4.90 Å². The number of halogens is 1. The zero-order chi connectivity index (χ0) is 17.4. The van der Waals surface area contributed by atoms with Gasteiger partial charge in [0.25, 0.3) is 0 Å². The summed E-state index contributed by atoms with van der Waals surface area (Å²) in [5.41, 5.74) is 5.93. The molecule has 1 aromatic heterocycles. The first kappa shape index (κ1) is 16.5. The van der Waals surface area contributed by atoms with E-state index in [-0.39, 0.29) is 6.04 Å². The molecule has 0 saturated heterocycles. The molecule has 130 valence electrons. The largest absolute Gasteiger partial charge is 0.497 e. The number of aromatic nitrogens is 1. The maximum absolute atomic E-state index is 14.9. The van der Waals surface area contributed by atoms with E-state index in [0.717, 1.165) is 35.4 Å². The molecule has 2 atom stereocenters. The van der Waals surface area contributed by atoms with E-state index in [1.165, 1.54) is 10.3 Å². The number of benzene rings is 2. The second-order valence-corrected chi connectivity index (χ2v) is 7.42. The van der Waals surface area contributed by atoms with Crippen molar-refractivity contribution in [3.8, 4) is 5.75 Å². The molecule has 0 saturated carbocycles. The second kappa shape index (κ2) is 6.73. The highest BCUT2D eigenvalue weighted by atomic mass is 32.1. The fourth-order valence-corrected chi connectivity index (χ4v) is 4.25. The maximum atomic E-state index is 14.9. The van der Waals surface area contributed by atoms with Crippen molar-refractivity contribution in [2.75, 3.05) is 20.2 Å². The minimum absolute atomic E-state index is 0.153. The summed E-state index contributed by atoms with van der Waals surface area (Å²) >= 11 is 1.65. The fourth-order valence-electron chi connectivity index (χ4n) is 3.59. The third-order valence-corrected chi connectivity index (χ3v) is 5.95. The van der Waals surface area contributed by atoms with Crippen LogP contribution in [0.15, 0.2) is 41.9 Å². The van der Waals surface area contributed by atoms with Gasteiger partial charge in [-0.1, -0.05) is 12.1 Å². The molecule has 4 rings (SSSR count). The molecule has 2 aromatic carbocycles. The van der Waals surface area contributed by atoms with Crippen LogP contribution in [-0.4, -0.2) is 30.1 Å². The predicted molar refractivity (Wildman–Crippen MR) is 100 cm³/mol. The Balaban J connectivity index is 1.59. The van der Waals surface area contributed by atoms with Crippen LogP contribution in [0.2, 0.25) is 0 Å². The SMILES string of the molecule is COc1ccc2c(c1)CCN(C(C)c1ccc3scnc3c1)C[C@H]2F. The molecule has 5 heteroatoms. The molecule has 0 aliphatic carbocycles. The second-order valence-electron chi connectivity index (χ2n) is 6.53. The van der Waals surface area contributed by atoms with Crippen LogP contribution in [0.25, 0.3) is 10.2 Å². The van der Waals surface area contributed by atoms with Gasteiger partial charge in [-0.2, -0.15) is 0 Å². The van der Waals surface area contributed by atoms with Crippen molar-refractivity contribution in [2.24, 2.45) is 0 Å². The van der Waals surface area contributed by atoms with Gasteiger partial charge in [-0.15, -0.1) is 11.3 Å². The monoisotopic (exact) mass is 356 g/mol. The number of thiazole rings is 1. The summed E-state index contributed by atoms with van der Waals surface area (Å²) < 4.78 is 21.4. The van der Waals surface area contributed by atoms with Crippen molar-refractivity contribution in [1.82, 2.24) is 9.88 Å². The molecular formula is C20H21FN2OS. The first-order valence-electron chi connectivity index (χ1n) is 8.54. The minimum atomic E-state index is -0.978. The molecule has 2 heterocycles. The van der Waals surface area contributed by atoms with Gasteiger partial charge in [0.2, 0.25) is 0 Å². The van der Waals surface area contributed by atoms with Crippen molar-refractivity contribution >= 4 is 21.6 Å². The molecular weight excluding hydrogens is 335 g/mol. The molecule has 1 unspecified atom stereocenters. The van der Waals surface area contributed by atoms with Crippen molar-refractivity contribution in [3.05, 3.63) is 58.6 Å². The van der Waals surface area contributed by atoms with Crippen LogP contribution in [-0.2, 0) is 6.42 Å². The Kier molecular flexibility index (Phi) is 4.44. The lowest BCUT2D eigenvalue weighted by Crippen LogP contribution is -2.30. The number of methoxy groups -OCH3 is 1.